The molecule has 1 aromatic rings. The maximum atomic E-state index is 11.4. The average molecular weight is 262 g/mol. The summed E-state index contributed by atoms with van der Waals surface area (Å²) in [6.45, 7) is 6.95. The molecule has 0 bridgehead atoms. The molecule has 1 amide bonds. The van der Waals surface area contributed by atoms with Crippen molar-refractivity contribution in [2.45, 2.75) is 26.3 Å². The monoisotopic (exact) mass is 262 g/mol. The number of pyridine rings is 1. The summed E-state index contributed by atoms with van der Waals surface area (Å²) in [6.07, 6.45) is 2.78. The highest BCUT2D eigenvalue weighted by molar-refractivity contribution is 5.73. The van der Waals surface area contributed by atoms with Crippen LogP contribution in [0.4, 0.5) is 5.82 Å². The van der Waals surface area contributed by atoms with Crippen LogP contribution >= 0.6 is 0 Å². The zero-order valence-electron chi connectivity index (χ0n) is 11.7. The predicted octanol–water partition coefficient (Wildman–Crippen LogP) is 1.16. The van der Waals surface area contributed by atoms with Crippen molar-refractivity contribution in [3.8, 4) is 0 Å². The highest BCUT2D eigenvalue weighted by Crippen LogP contribution is 2.18. The Hall–Kier alpha value is -1.62. The van der Waals surface area contributed by atoms with E-state index in [1.807, 2.05) is 30.2 Å². The van der Waals surface area contributed by atoms with Crippen LogP contribution in [0.2, 0.25) is 0 Å². The third-order valence-electron chi connectivity index (χ3n) is 3.56. The van der Waals surface area contributed by atoms with Gasteiger partial charge in [-0.3, -0.25) is 4.79 Å². The van der Waals surface area contributed by atoms with Crippen LogP contribution in [0.3, 0.4) is 0 Å². The van der Waals surface area contributed by atoms with Gasteiger partial charge in [0.15, 0.2) is 0 Å². The topological polar surface area (TPSA) is 62.5 Å². The molecule has 0 aliphatic carbocycles. The number of rotatable bonds is 2. The van der Waals surface area contributed by atoms with Gasteiger partial charge >= 0.3 is 0 Å². The van der Waals surface area contributed by atoms with Crippen molar-refractivity contribution in [3.05, 3.63) is 23.9 Å². The summed E-state index contributed by atoms with van der Waals surface area (Å²) in [5.74, 6) is 1.11. The molecule has 0 saturated carbocycles. The summed E-state index contributed by atoms with van der Waals surface area (Å²) in [4.78, 5) is 20.0. The molecule has 1 aliphatic heterocycles. The molecular formula is C14H22N4O. The van der Waals surface area contributed by atoms with Crippen LogP contribution in [0.15, 0.2) is 18.3 Å². The Morgan fingerprint density at radius 3 is 2.84 bits per heavy atom. The van der Waals surface area contributed by atoms with Gasteiger partial charge in [-0.25, -0.2) is 4.98 Å². The Kier molecular flexibility index (Phi) is 4.37. The maximum absolute atomic E-state index is 11.4. The molecule has 1 fully saturated rings. The van der Waals surface area contributed by atoms with Gasteiger partial charge in [-0.1, -0.05) is 0 Å². The number of carbonyl (C=O) groups excluding carboxylic acids is 1. The second-order valence-electron chi connectivity index (χ2n) is 5.08. The fraction of sp³-hybridized carbons (Fsp3) is 0.571. The van der Waals surface area contributed by atoms with E-state index in [0.29, 0.717) is 0 Å². The Bertz CT molecular complexity index is 447. The lowest BCUT2D eigenvalue weighted by atomic mass is 10.1. The van der Waals surface area contributed by atoms with Crippen molar-refractivity contribution >= 4 is 11.7 Å². The molecule has 1 atom stereocenters. The third-order valence-corrected chi connectivity index (χ3v) is 3.56. The molecule has 0 spiro atoms. The molecule has 19 heavy (non-hydrogen) atoms. The van der Waals surface area contributed by atoms with Crippen molar-refractivity contribution < 1.29 is 4.79 Å². The lowest BCUT2D eigenvalue weighted by Gasteiger charge is -2.23. The van der Waals surface area contributed by atoms with Gasteiger partial charge in [0.2, 0.25) is 5.91 Å². The quantitative estimate of drug-likeness (QED) is 0.868. The molecule has 0 radical (unpaired) electrons. The van der Waals surface area contributed by atoms with Crippen LogP contribution in [-0.4, -0.2) is 42.0 Å². The standard InChI is InChI=1S/C14H22N4O/c1-11(15)13-4-5-16-14(10-13)18-7-3-6-17(8-9-18)12(2)19/h4-5,10-11H,3,6-9,15H2,1-2H3/t11-/m0/s1. The number of anilines is 1. The van der Waals surface area contributed by atoms with Gasteiger partial charge in [-0.2, -0.15) is 0 Å². The minimum atomic E-state index is 0.0162. The molecule has 5 heteroatoms. The van der Waals surface area contributed by atoms with E-state index in [9.17, 15) is 4.79 Å². The van der Waals surface area contributed by atoms with E-state index in [0.717, 1.165) is 44.0 Å². The summed E-state index contributed by atoms with van der Waals surface area (Å²) >= 11 is 0. The van der Waals surface area contributed by atoms with Gasteiger partial charge in [-0.05, 0) is 31.0 Å². The first-order valence-corrected chi connectivity index (χ1v) is 6.80. The SMILES string of the molecule is CC(=O)N1CCCN(c2cc([C@H](C)N)ccn2)CC1. The van der Waals surface area contributed by atoms with Gasteiger partial charge in [-0.15, -0.1) is 0 Å². The Morgan fingerprint density at radius 1 is 1.37 bits per heavy atom. The molecule has 0 unspecified atom stereocenters. The zero-order chi connectivity index (χ0) is 13.8. The van der Waals surface area contributed by atoms with Crippen molar-refractivity contribution in [1.29, 1.82) is 0 Å². The van der Waals surface area contributed by atoms with Crippen molar-refractivity contribution in [1.82, 2.24) is 9.88 Å². The van der Waals surface area contributed by atoms with Crippen molar-refractivity contribution in [3.63, 3.8) is 0 Å². The lowest BCUT2D eigenvalue weighted by Crippen LogP contribution is -2.33. The first kappa shape index (κ1) is 13.8. The first-order valence-electron chi connectivity index (χ1n) is 6.80. The van der Waals surface area contributed by atoms with Crippen LogP contribution in [0, 0.1) is 0 Å². The molecule has 5 nitrogen and oxygen atoms in total. The molecule has 0 aromatic carbocycles. The smallest absolute Gasteiger partial charge is 0.219 e. The first-order chi connectivity index (χ1) is 9.08. The van der Waals surface area contributed by atoms with E-state index in [2.05, 4.69) is 9.88 Å². The van der Waals surface area contributed by atoms with E-state index in [-0.39, 0.29) is 11.9 Å². The number of hydrogen-bond donors (Lipinski definition) is 1. The Morgan fingerprint density at radius 2 is 2.16 bits per heavy atom. The Balaban J connectivity index is 2.09. The molecule has 1 saturated heterocycles. The van der Waals surface area contributed by atoms with Crippen LogP contribution in [0.25, 0.3) is 0 Å². The zero-order valence-corrected chi connectivity index (χ0v) is 11.7. The van der Waals surface area contributed by atoms with Gasteiger partial charge < -0.3 is 15.5 Å². The summed E-state index contributed by atoms with van der Waals surface area (Å²) < 4.78 is 0. The van der Waals surface area contributed by atoms with E-state index in [4.69, 9.17) is 5.73 Å². The molecule has 2 heterocycles. The second kappa shape index (κ2) is 6.02. The normalized spacial score (nSPS) is 18.1. The lowest BCUT2D eigenvalue weighted by molar-refractivity contribution is -0.128. The number of aromatic nitrogens is 1. The molecule has 104 valence electrons. The molecule has 2 rings (SSSR count). The van der Waals surface area contributed by atoms with E-state index in [1.165, 1.54) is 0 Å². The molecule has 1 aliphatic rings. The minimum absolute atomic E-state index is 0.0162. The summed E-state index contributed by atoms with van der Waals surface area (Å²) in [7, 11) is 0. The fourth-order valence-electron chi connectivity index (χ4n) is 2.35. The Labute approximate surface area is 114 Å². The van der Waals surface area contributed by atoms with Crippen molar-refractivity contribution in [2.24, 2.45) is 5.73 Å². The number of nitrogens with zero attached hydrogens (tertiary/aromatic N) is 3. The predicted molar refractivity (Wildman–Crippen MR) is 75.9 cm³/mol. The van der Waals surface area contributed by atoms with E-state index in [1.54, 1.807) is 6.92 Å². The number of hydrogen-bond acceptors (Lipinski definition) is 4. The number of nitrogens with two attached hydrogens (primary N) is 1. The van der Waals surface area contributed by atoms with Crippen LogP contribution in [-0.2, 0) is 4.79 Å². The second-order valence-corrected chi connectivity index (χ2v) is 5.08. The third kappa shape index (κ3) is 3.44. The van der Waals surface area contributed by atoms with Gasteiger partial charge in [0, 0.05) is 45.3 Å². The summed E-state index contributed by atoms with van der Waals surface area (Å²) in [5, 5.41) is 0. The van der Waals surface area contributed by atoms with Crippen LogP contribution in [0.1, 0.15) is 31.9 Å². The summed E-state index contributed by atoms with van der Waals surface area (Å²) in [6, 6.07) is 4.02. The van der Waals surface area contributed by atoms with Crippen LogP contribution < -0.4 is 10.6 Å². The molecular weight excluding hydrogens is 240 g/mol. The van der Waals surface area contributed by atoms with E-state index >= 15 is 0 Å². The summed E-state index contributed by atoms with van der Waals surface area (Å²) in [5.41, 5.74) is 7.00. The minimum Gasteiger partial charge on any atom is -0.355 e. The number of carbonyl (C=O) groups is 1. The van der Waals surface area contributed by atoms with Gasteiger partial charge in [0.25, 0.3) is 0 Å². The highest BCUT2D eigenvalue weighted by Gasteiger charge is 2.17. The maximum Gasteiger partial charge on any atom is 0.219 e. The van der Waals surface area contributed by atoms with Crippen molar-refractivity contribution in [2.75, 3.05) is 31.1 Å². The van der Waals surface area contributed by atoms with Crippen LogP contribution in [0.5, 0.6) is 0 Å². The van der Waals surface area contributed by atoms with Gasteiger partial charge in [0.05, 0.1) is 0 Å². The largest absolute Gasteiger partial charge is 0.355 e. The molecule has 1 aromatic heterocycles. The highest BCUT2D eigenvalue weighted by atomic mass is 16.2. The van der Waals surface area contributed by atoms with E-state index < -0.39 is 0 Å². The van der Waals surface area contributed by atoms with Gasteiger partial charge in [0.1, 0.15) is 5.82 Å². The molecule has 2 N–H and O–H groups in total. The average Bonchev–Trinajstić information content (AvgIpc) is 2.64. The fourth-order valence-corrected chi connectivity index (χ4v) is 2.35. The number of amides is 1.